The number of benzene rings is 2. The smallest absolute Gasteiger partial charge is 0.427 e. The fraction of sp³-hybridized carbons (Fsp3) is 0.211. The Hall–Kier alpha value is -3.35. The predicted molar refractivity (Wildman–Crippen MR) is 97.4 cm³/mol. The van der Waals surface area contributed by atoms with Gasteiger partial charge in [-0.1, -0.05) is 30.3 Å². The Morgan fingerprint density at radius 1 is 1.27 bits per heavy atom. The van der Waals surface area contributed by atoms with Gasteiger partial charge in [0.25, 0.3) is 5.91 Å². The lowest BCUT2D eigenvalue weighted by Gasteiger charge is -2.19. The maximum absolute atomic E-state index is 11.6. The second kappa shape index (κ2) is 8.15. The van der Waals surface area contributed by atoms with Crippen molar-refractivity contribution in [2.45, 2.75) is 13.3 Å². The van der Waals surface area contributed by atoms with E-state index in [9.17, 15) is 9.59 Å². The monoisotopic (exact) mass is 353 g/mol. The van der Waals surface area contributed by atoms with Gasteiger partial charge in [0, 0.05) is 12.0 Å². The maximum atomic E-state index is 11.6. The van der Waals surface area contributed by atoms with Crippen LogP contribution >= 0.6 is 0 Å². The number of nitrogens with zero attached hydrogens (tertiary/aromatic N) is 1. The third-order valence-corrected chi connectivity index (χ3v) is 3.72. The topological polar surface area (TPSA) is 89.0 Å². The number of carbonyl (C=O) groups excluding carboxylic acids is 2. The van der Waals surface area contributed by atoms with E-state index in [0.717, 1.165) is 11.1 Å². The molecule has 1 heterocycles. The lowest BCUT2D eigenvalue weighted by Crippen LogP contribution is -2.26. The number of hydrogen-bond acceptors (Lipinski definition) is 5. The molecule has 134 valence electrons. The second-order valence-electron chi connectivity index (χ2n) is 5.60. The van der Waals surface area contributed by atoms with E-state index in [1.54, 1.807) is 19.1 Å². The number of ether oxygens (including phenoxy) is 2. The Morgan fingerprint density at radius 2 is 2.08 bits per heavy atom. The van der Waals surface area contributed by atoms with Crippen LogP contribution in [0.25, 0.3) is 0 Å². The molecule has 0 fully saturated rings. The third-order valence-electron chi connectivity index (χ3n) is 3.72. The van der Waals surface area contributed by atoms with Crippen LogP contribution in [0.5, 0.6) is 5.75 Å². The minimum atomic E-state index is -0.618. The zero-order chi connectivity index (χ0) is 18.4. The molecule has 0 saturated heterocycles. The van der Waals surface area contributed by atoms with E-state index >= 15 is 0 Å². The lowest BCUT2D eigenvalue weighted by molar-refractivity contribution is -0.118. The van der Waals surface area contributed by atoms with E-state index in [1.165, 1.54) is 0 Å². The molecule has 0 saturated carbocycles. The van der Waals surface area contributed by atoms with E-state index in [-0.39, 0.29) is 19.1 Å². The molecular formula is C19H19N3O4. The van der Waals surface area contributed by atoms with Gasteiger partial charge >= 0.3 is 6.09 Å². The number of hydrogen-bond donors (Lipinski definition) is 2. The molecule has 0 bridgehead atoms. The summed E-state index contributed by atoms with van der Waals surface area (Å²) >= 11 is 0. The molecule has 26 heavy (non-hydrogen) atoms. The summed E-state index contributed by atoms with van der Waals surface area (Å²) in [6.07, 6.45) is -0.117. The highest BCUT2D eigenvalue weighted by atomic mass is 16.5. The molecule has 3 rings (SSSR count). The normalized spacial score (nSPS) is 13.3. The summed E-state index contributed by atoms with van der Waals surface area (Å²) in [6.45, 7) is 1.99. The second-order valence-corrected chi connectivity index (χ2v) is 5.60. The van der Waals surface area contributed by atoms with Gasteiger partial charge in [-0.2, -0.15) is 5.10 Å². The minimum Gasteiger partial charge on any atom is -0.482 e. The molecule has 2 aromatic carbocycles. The molecule has 1 aliphatic heterocycles. The van der Waals surface area contributed by atoms with Gasteiger partial charge in [0.05, 0.1) is 18.0 Å². The van der Waals surface area contributed by atoms with Crippen LogP contribution in [0.2, 0.25) is 0 Å². The van der Waals surface area contributed by atoms with Crippen molar-refractivity contribution in [3.63, 3.8) is 0 Å². The molecule has 0 unspecified atom stereocenters. The van der Waals surface area contributed by atoms with E-state index in [0.29, 0.717) is 23.6 Å². The zero-order valence-electron chi connectivity index (χ0n) is 14.3. The van der Waals surface area contributed by atoms with Crippen LogP contribution in [0.1, 0.15) is 18.1 Å². The van der Waals surface area contributed by atoms with Gasteiger partial charge in [-0.15, -0.1) is 0 Å². The molecule has 0 aliphatic carbocycles. The van der Waals surface area contributed by atoms with Crippen molar-refractivity contribution >= 4 is 23.4 Å². The molecule has 2 N–H and O–H groups in total. The first-order valence-electron chi connectivity index (χ1n) is 8.26. The Kier molecular flexibility index (Phi) is 5.48. The van der Waals surface area contributed by atoms with Crippen LogP contribution in [0.15, 0.2) is 53.6 Å². The summed E-state index contributed by atoms with van der Waals surface area (Å²) in [7, 11) is 0. The van der Waals surface area contributed by atoms with Gasteiger partial charge in [0.2, 0.25) is 0 Å². The SMILES string of the molecule is CCOC(=O)N/N=C(/Cc1ccccc1)c1ccc2c(c1)NC(=O)CO2. The third kappa shape index (κ3) is 4.38. The van der Waals surface area contributed by atoms with Gasteiger partial charge in [-0.25, -0.2) is 10.2 Å². The van der Waals surface area contributed by atoms with Crippen molar-refractivity contribution in [2.75, 3.05) is 18.5 Å². The summed E-state index contributed by atoms with van der Waals surface area (Å²) in [4.78, 5) is 23.1. The summed E-state index contributed by atoms with van der Waals surface area (Å²) in [5, 5.41) is 6.99. The zero-order valence-corrected chi connectivity index (χ0v) is 14.3. The number of hydrazone groups is 1. The number of rotatable bonds is 5. The van der Waals surface area contributed by atoms with Crippen molar-refractivity contribution in [3.8, 4) is 5.75 Å². The molecule has 7 heteroatoms. The van der Waals surface area contributed by atoms with Crippen molar-refractivity contribution in [1.29, 1.82) is 0 Å². The number of nitrogens with one attached hydrogen (secondary N) is 2. The quantitative estimate of drug-likeness (QED) is 0.639. The summed E-state index contributed by atoms with van der Waals surface area (Å²) in [5.74, 6) is 0.395. The first-order valence-corrected chi connectivity index (χ1v) is 8.26. The highest BCUT2D eigenvalue weighted by molar-refractivity contribution is 6.04. The number of fused-ring (bicyclic) bond motifs is 1. The van der Waals surface area contributed by atoms with E-state index < -0.39 is 6.09 Å². The first kappa shape index (κ1) is 17.5. The van der Waals surface area contributed by atoms with Crippen LogP contribution in [0.3, 0.4) is 0 Å². The summed E-state index contributed by atoms with van der Waals surface area (Å²) in [5.41, 5.74) is 5.41. The average molecular weight is 353 g/mol. The van der Waals surface area contributed by atoms with Crippen molar-refractivity contribution < 1.29 is 19.1 Å². The lowest BCUT2D eigenvalue weighted by atomic mass is 10.0. The van der Waals surface area contributed by atoms with Crippen LogP contribution < -0.4 is 15.5 Å². The fourth-order valence-corrected chi connectivity index (χ4v) is 2.53. The Labute approximate surface area is 151 Å². The molecule has 7 nitrogen and oxygen atoms in total. The van der Waals surface area contributed by atoms with Gasteiger partial charge < -0.3 is 14.8 Å². The van der Waals surface area contributed by atoms with Crippen LogP contribution in [-0.4, -0.2) is 30.9 Å². The standard InChI is InChI=1S/C19H19N3O4/c1-2-25-19(24)22-21-15(10-13-6-4-3-5-7-13)14-8-9-17-16(11-14)20-18(23)12-26-17/h3-9,11H,2,10,12H2,1H3,(H,20,23)(H,22,24)/b21-15-. The number of carbonyl (C=O) groups is 2. The highest BCUT2D eigenvalue weighted by Gasteiger charge is 2.17. The van der Waals surface area contributed by atoms with Gasteiger partial charge in [0.1, 0.15) is 5.75 Å². The summed E-state index contributed by atoms with van der Waals surface area (Å²) in [6, 6.07) is 15.1. The molecule has 0 spiro atoms. The largest absolute Gasteiger partial charge is 0.482 e. The van der Waals surface area contributed by atoms with Crippen LogP contribution in [-0.2, 0) is 16.0 Å². The molecule has 0 aromatic heterocycles. The van der Waals surface area contributed by atoms with Crippen molar-refractivity contribution in [2.24, 2.45) is 5.10 Å². The van der Waals surface area contributed by atoms with Gasteiger partial charge in [-0.05, 0) is 30.7 Å². The summed E-state index contributed by atoms with van der Waals surface area (Å²) < 4.78 is 10.2. The van der Waals surface area contributed by atoms with E-state index in [4.69, 9.17) is 9.47 Å². The number of amides is 2. The van der Waals surface area contributed by atoms with Crippen LogP contribution in [0, 0.1) is 0 Å². The average Bonchev–Trinajstić information content (AvgIpc) is 2.65. The molecule has 0 atom stereocenters. The Morgan fingerprint density at radius 3 is 2.85 bits per heavy atom. The Bertz CT molecular complexity index is 834. The van der Waals surface area contributed by atoms with Crippen molar-refractivity contribution in [3.05, 3.63) is 59.7 Å². The molecule has 1 aliphatic rings. The van der Waals surface area contributed by atoms with Crippen molar-refractivity contribution in [1.82, 2.24) is 5.43 Å². The first-order chi connectivity index (χ1) is 12.7. The molecule has 2 aromatic rings. The maximum Gasteiger partial charge on any atom is 0.427 e. The van der Waals surface area contributed by atoms with E-state index in [2.05, 4.69) is 15.8 Å². The van der Waals surface area contributed by atoms with Gasteiger partial charge in [-0.3, -0.25) is 4.79 Å². The van der Waals surface area contributed by atoms with E-state index in [1.807, 2.05) is 36.4 Å². The highest BCUT2D eigenvalue weighted by Crippen LogP contribution is 2.29. The van der Waals surface area contributed by atoms with Gasteiger partial charge in [0.15, 0.2) is 6.61 Å². The molecular weight excluding hydrogens is 334 g/mol. The minimum absolute atomic E-state index is 0.00171. The predicted octanol–water partition coefficient (Wildman–Crippen LogP) is 2.71. The fourth-order valence-electron chi connectivity index (χ4n) is 2.53. The Balaban J connectivity index is 1.89. The number of anilines is 1. The van der Waals surface area contributed by atoms with Crippen LogP contribution in [0.4, 0.5) is 10.5 Å². The molecule has 0 radical (unpaired) electrons. The molecule has 2 amide bonds.